The Morgan fingerprint density at radius 2 is 2.57 bits per heavy atom. The third kappa shape index (κ3) is 3.15. The molecule has 6 nitrogen and oxygen atoms in total. The third-order valence-electron chi connectivity index (χ3n) is 1.67. The summed E-state index contributed by atoms with van der Waals surface area (Å²) in [6, 6.07) is 0. The van der Waals surface area contributed by atoms with Gasteiger partial charge in [0.05, 0.1) is 12.9 Å². The van der Waals surface area contributed by atoms with E-state index >= 15 is 0 Å². The number of carboxylic acids is 1. The van der Waals surface area contributed by atoms with E-state index in [9.17, 15) is 4.79 Å². The number of H-pyrrole nitrogens is 1. The number of nitrogens with two attached hydrogens (primary N) is 1. The highest BCUT2D eigenvalue weighted by Crippen LogP contribution is 2.02. The summed E-state index contributed by atoms with van der Waals surface area (Å²) in [4.78, 5) is 17.3. The Morgan fingerprint density at radius 1 is 1.79 bits per heavy atom. The number of nitrogens with one attached hydrogen (secondary N) is 1. The molecule has 6 heteroatoms. The van der Waals surface area contributed by atoms with Crippen molar-refractivity contribution < 1.29 is 14.6 Å². The summed E-state index contributed by atoms with van der Waals surface area (Å²) in [5, 5.41) is 8.80. The van der Waals surface area contributed by atoms with Gasteiger partial charge >= 0.3 is 5.97 Å². The number of nitrogens with zero attached hydrogens (tertiary/aromatic N) is 1. The van der Waals surface area contributed by atoms with Gasteiger partial charge in [-0.1, -0.05) is 0 Å². The van der Waals surface area contributed by atoms with Crippen LogP contribution < -0.4 is 5.73 Å². The first-order valence-electron chi connectivity index (χ1n) is 4.25. The summed E-state index contributed by atoms with van der Waals surface area (Å²) >= 11 is 0. The molecule has 1 aromatic heterocycles. The number of hydrogen-bond acceptors (Lipinski definition) is 4. The number of aromatic nitrogens is 2. The summed E-state index contributed by atoms with van der Waals surface area (Å²) < 4.78 is 5.05. The van der Waals surface area contributed by atoms with Crippen LogP contribution >= 0.6 is 0 Å². The fraction of sp³-hybridized carbons (Fsp3) is 0.500. The smallest absolute Gasteiger partial charge is 0.333 e. The van der Waals surface area contributed by atoms with Crippen molar-refractivity contribution in [2.75, 3.05) is 13.2 Å². The molecule has 1 rings (SSSR count). The molecule has 1 atom stereocenters. The zero-order chi connectivity index (χ0) is 10.4. The normalized spacial score (nSPS) is 12.6. The van der Waals surface area contributed by atoms with Gasteiger partial charge in [-0.25, -0.2) is 9.78 Å². The summed E-state index contributed by atoms with van der Waals surface area (Å²) in [6.45, 7) is 0.553. The van der Waals surface area contributed by atoms with E-state index in [-0.39, 0.29) is 13.0 Å². The van der Waals surface area contributed by atoms with Gasteiger partial charge in [0.25, 0.3) is 0 Å². The number of imidazole rings is 1. The second-order valence-electron chi connectivity index (χ2n) is 2.77. The van der Waals surface area contributed by atoms with Gasteiger partial charge in [0.1, 0.15) is 0 Å². The average molecular weight is 199 g/mol. The van der Waals surface area contributed by atoms with Crippen LogP contribution in [0.4, 0.5) is 0 Å². The van der Waals surface area contributed by atoms with Crippen LogP contribution in [0.2, 0.25) is 0 Å². The number of aliphatic carboxylic acids is 1. The number of carboxylic acid groups (broad SMARTS) is 1. The molecule has 0 radical (unpaired) electrons. The molecular formula is C8H13N3O3. The Balaban J connectivity index is 2.47. The minimum absolute atomic E-state index is 0.241. The average Bonchev–Trinajstić information content (AvgIpc) is 2.64. The number of ether oxygens (including phenoxy) is 1. The second-order valence-corrected chi connectivity index (χ2v) is 2.77. The van der Waals surface area contributed by atoms with Crippen LogP contribution in [0.15, 0.2) is 12.5 Å². The Hall–Kier alpha value is -1.40. The summed E-state index contributed by atoms with van der Waals surface area (Å²) in [7, 11) is 0. The van der Waals surface area contributed by atoms with Gasteiger partial charge in [-0.3, -0.25) is 0 Å². The molecule has 0 aliphatic rings. The molecule has 0 spiro atoms. The van der Waals surface area contributed by atoms with Gasteiger partial charge in [0.2, 0.25) is 0 Å². The van der Waals surface area contributed by atoms with Crippen LogP contribution in [-0.2, 0) is 16.0 Å². The predicted molar refractivity (Wildman–Crippen MR) is 48.7 cm³/mol. The molecule has 0 aliphatic heterocycles. The van der Waals surface area contributed by atoms with Crippen molar-refractivity contribution >= 4 is 5.97 Å². The first-order chi connectivity index (χ1) is 6.74. The fourth-order valence-corrected chi connectivity index (χ4v) is 1.02. The van der Waals surface area contributed by atoms with Gasteiger partial charge in [-0.2, -0.15) is 0 Å². The Morgan fingerprint density at radius 3 is 3.07 bits per heavy atom. The van der Waals surface area contributed by atoms with Crippen molar-refractivity contribution in [3.05, 3.63) is 18.2 Å². The maximum Gasteiger partial charge on any atom is 0.333 e. The van der Waals surface area contributed by atoms with E-state index in [0.29, 0.717) is 6.54 Å². The Kier molecular flexibility index (Phi) is 4.09. The first kappa shape index (κ1) is 10.7. The van der Waals surface area contributed by atoms with Crippen molar-refractivity contribution in [3.8, 4) is 0 Å². The minimum atomic E-state index is -0.993. The largest absolute Gasteiger partial charge is 0.479 e. The van der Waals surface area contributed by atoms with Crippen molar-refractivity contribution in [3.63, 3.8) is 0 Å². The SMILES string of the molecule is NCCOC(Cc1cnc[nH]1)C(=O)O. The maximum atomic E-state index is 10.7. The van der Waals surface area contributed by atoms with Crippen molar-refractivity contribution in [1.82, 2.24) is 9.97 Å². The summed E-state index contributed by atoms with van der Waals surface area (Å²) in [5.41, 5.74) is 5.94. The third-order valence-corrected chi connectivity index (χ3v) is 1.67. The van der Waals surface area contributed by atoms with Crippen molar-refractivity contribution in [2.24, 2.45) is 5.73 Å². The molecule has 0 amide bonds. The lowest BCUT2D eigenvalue weighted by Crippen LogP contribution is -2.28. The van der Waals surface area contributed by atoms with E-state index in [4.69, 9.17) is 15.6 Å². The molecule has 1 aromatic rings. The maximum absolute atomic E-state index is 10.7. The highest BCUT2D eigenvalue weighted by atomic mass is 16.5. The van der Waals surface area contributed by atoms with Crippen LogP contribution in [0.25, 0.3) is 0 Å². The highest BCUT2D eigenvalue weighted by molar-refractivity contribution is 5.72. The highest BCUT2D eigenvalue weighted by Gasteiger charge is 2.18. The van der Waals surface area contributed by atoms with E-state index in [1.807, 2.05) is 0 Å². The Labute approximate surface area is 81.1 Å². The number of rotatable bonds is 6. The lowest BCUT2D eigenvalue weighted by Gasteiger charge is -2.11. The lowest BCUT2D eigenvalue weighted by atomic mass is 10.2. The quantitative estimate of drug-likeness (QED) is 0.566. The van der Waals surface area contributed by atoms with Gasteiger partial charge in [0.15, 0.2) is 6.10 Å². The van der Waals surface area contributed by atoms with Crippen LogP contribution in [-0.4, -0.2) is 40.3 Å². The molecule has 0 aliphatic carbocycles. The molecular weight excluding hydrogens is 186 g/mol. The van der Waals surface area contributed by atoms with Gasteiger partial charge in [-0.05, 0) is 0 Å². The fourth-order valence-electron chi connectivity index (χ4n) is 1.02. The van der Waals surface area contributed by atoms with Crippen LogP contribution in [0, 0.1) is 0 Å². The number of aromatic amines is 1. The summed E-state index contributed by atoms with van der Waals surface area (Å²) in [6.07, 6.45) is 2.48. The number of carbonyl (C=O) groups is 1. The molecule has 0 bridgehead atoms. The zero-order valence-corrected chi connectivity index (χ0v) is 7.64. The molecule has 14 heavy (non-hydrogen) atoms. The molecule has 0 aromatic carbocycles. The van der Waals surface area contributed by atoms with Crippen LogP contribution in [0.1, 0.15) is 5.69 Å². The molecule has 1 unspecified atom stereocenters. The second kappa shape index (κ2) is 5.36. The molecule has 0 fully saturated rings. The van der Waals surface area contributed by atoms with E-state index in [0.717, 1.165) is 5.69 Å². The molecule has 4 N–H and O–H groups in total. The van der Waals surface area contributed by atoms with Crippen molar-refractivity contribution in [2.45, 2.75) is 12.5 Å². The van der Waals surface area contributed by atoms with Crippen LogP contribution in [0.3, 0.4) is 0 Å². The van der Waals surface area contributed by atoms with Crippen LogP contribution in [0.5, 0.6) is 0 Å². The van der Waals surface area contributed by atoms with E-state index < -0.39 is 12.1 Å². The Bertz CT molecular complexity index is 273. The van der Waals surface area contributed by atoms with E-state index in [1.165, 1.54) is 6.33 Å². The van der Waals surface area contributed by atoms with Crippen molar-refractivity contribution in [1.29, 1.82) is 0 Å². The van der Waals surface area contributed by atoms with E-state index in [1.54, 1.807) is 6.20 Å². The van der Waals surface area contributed by atoms with Gasteiger partial charge < -0.3 is 20.6 Å². The first-order valence-corrected chi connectivity index (χ1v) is 4.25. The van der Waals surface area contributed by atoms with E-state index in [2.05, 4.69) is 9.97 Å². The standard InChI is InChI=1S/C8H13N3O3/c9-1-2-14-7(8(12)13)3-6-4-10-5-11-6/h4-5,7H,1-3,9H2,(H,10,11)(H,12,13). The van der Waals surface area contributed by atoms with Gasteiger partial charge in [0, 0.05) is 24.9 Å². The monoisotopic (exact) mass is 199 g/mol. The summed E-state index contributed by atoms with van der Waals surface area (Å²) in [5.74, 6) is -0.993. The topological polar surface area (TPSA) is 101 Å². The zero-order valence-electron chi connectivity index (χ0n) is 7.64. The molecule has 0 saturated carbocycles. The molecule has 0 saturated heterocycles. The van der Waals surface area contributed by atoms with Gasteiger partial charge in [-0.15, -0.1) is 0 Å². The lowest BCUT2D eigenvalue weighted by molar-refractivity contribution is -0.150. The molecule has 1 heterocycles. The molecule has 78 valence electrons. The minimum Gasteiger partial charge on any atom is -0.479 e. The predicted octanol–water partition coefficient (Wildman–Crippen LogP) is -0.619. The number of hydrogen-bond donors (Lipinski definition) is 3.